The van der Waals surface area contributed by atoms with E-state index in [1.54, 1.807) is 24.3 Å². The van der Waals surface area contributed by atoms with Crippen molar-refractivity contribution in [3.8, 4) is 0 Å². The number of rotatable bonds is 6. The number of nitro groups is 1. The molecule has 1 heterocycles. The van der Waals surface area contributed by atoms with Gasteiger partial charge in [0, 0.05) is 41.4 Å². The maximum absolute atomic E-state index is 12.4. The first-order valence-corrected chi connectivity index (χ1v) is 9.19. The van der Waals surface area contributed by atoms with Crippen LogP contribution in [-0.2, 0) is 14.3 Å². The molecule has 0 aromatic heterocycles. The predicted octanol–water partition coefficient (Wildman–Crippen LogP) is 3.42. The fraction of sp³-hybridized carbons (Fsp3) is 0.250. The fourth-order valence-electron chi connectivity index (χ4n) is 3.04. The summed E-state index contributed by atoms with van der Waals surface area (Å²) < 4.78 is 5.27. The summed E-state index contributed by atoms with van der Waals surface area (Å²) in [5, 5.41) is 11.2. The standard InChI is InChI=1S/C20H17ClN2O6/c1-12(19(25)13-2-4-15(21)5-3-13)29-20(26)14-10-18(24)22(11-14)16-6-8-17(9-7-16)23(27)28/h2-9,12,14H,10-11H2,1H3/t12-,14+/m1/s1. The number of esters is 1. The molecule has 1 amide bonds. The summed E-state index contributed by atoms with van der Waals surface area (Å²) in [6.45, 7) is 1.55. The van der Waals surface area contributed by atoms with Gasteiger partial charge in [0.05, 0.1) is 10.8 Å². The number of halogens is 1. The average molecular weight is 417 g/mol. The topological polar surface area (TPSA) is 107 Å². The van der Waals surface area contributed by atoms with Gasteiger partial charge in [-0.1, -0.05) is 11.6 Å². The maximum atomic E-state index is 12.4. The molecule has 0 unspecified atom stereocenters. The van der Waals surface area contributed by atoms with E-state index in [0.717, 1.165) is 0 Å². The van der Waals surface area contributed by atoms with Crippen LogP contribution in [0.2, 0.25) is 5.02 Å². The van der Waals surface area contributed by atoms with Crippen molar-refractivity contribution in [2.75, 3.05) is 11.4 Å². The summed E-state index contributed by atoms with van der Waals surface area (Å²) in [6, 6.07) is 11.7. The number of nitro benzene ring substituents is 1. The lowest BCUT2D eigenvalue weighted by molar-refractivity contribution is -0.384. The predicted molar refractivity (Wildman–Crippen MR) is 105 cm³/mol. The van der Waals surface area contributed by atoms with Gasteiger partial charge >= 0.3 is 5.97 Å². The molecule has 0 radical (unpaired) electrons. The minimum absolute atomic E-state index is 0.0579. The van der Waals surface area contributed by atoms with Gasteiger partial charge < -0.3 is 9.64 Å². The Bertz CT molecular complexity index is 958. The van der Waals surface area contributed by atoms with Gasteiger partial charge in [0.15, 0.2) is 6.10 Å². The fourth-order valence-corrected chi connectivity index (χ4v) is 3.17. The number of Topliss-reactive ketones (excluding diaryl/α,β-unsaturated/α-hetero) is 1. The molecular formula is C20H17ClN2O6. The second-order valence-corrected chi connectivity index (χ2v) is 7.07. The number of hydrogen-bond donors (Lipinski definition) is 0. The van der Waals surface area contributed by atoms with Crippen molar-refractivity contribution in [3.63, 3.8) is 0 Å². The SMILES string of the molecule is C[C@@H](OC(=O)[C@H]1CC(=O)N(c2ccc([N+](=O)[O-])cc2)C1)C(=O)c1ccc(Cl)cc1. The number of non-ortho nitro benzene ring substituents is 1. The molecule has 2 aromatic rings. The number of anilines is 1. The van der Waals surface area contributed by atoms with Gasteiger partial charge in [0.1, 0.15) is 0 Å². The van der Waals surface area contributed by atoms with Crippen LogP contribution in [0.5, 0.6) is 0 Å². The van der Waals surface area contributed by atoms with Crippen molar-refractivity contribution >= 4 is 40.6 Å². The van der Waals surface area contributed by atoms with E-state index in [1.165, 1.54) is 36.1 Å². The highest BCUT2D eigenvalue weighted by molar-refractivity contribution is 6.30. The number of amides is 1. The number of ether oxygens (including phenoxy) is 1. The van der Waals surface area contributed by atoms with Gasteiger partial charge in [-0.2, -0.15) is 0 Å². The number of carbonyl (C=O) groups is 3. The first-order valence-electron chi connectivity index (χ1n) is 8.81. The van der Waals surface area contributed by atoms with Crippen molar-refractivity contribution < 1.29 is 24.0 Å². The van der Waals surface area contributed by atoms with Gasteiger partial charge in [0.25, 0.3) is 5.69 Å². The molecule has 3 rings (SSSR count). The molecule has 2 atom stereocenters. The van der Waals surface area contributed by atoms with Crippen LogP contribution in [0, 0.1) is 16.0 Å². The Kier molecular flexibility index (Phi) is 5.93. The van der Waals surface area contributed by atoms with Gasteiger partial charge in [-0.15, -0.1) is 0 Å². The maximum Gasteiger partial charge on any atom is 0.312 e. The summed E-state index contributed by atoms with van der Waals surface area (Å²) in [6.07, 6.45) is -1.07. The minimum Gasteiger partial charge on any atom is -0.454 e. The van der Waals surface area contributed by atoms with Crippen molar-refractivity contribution in [2.24, 2.45) is 5.92 Å². The highest BCUT2D eigenvalue weighted by Crippen LogP contribution is 2.28. The lowest BCUT2D eigenvalue weighted by atomic mass is 10.1. The highest BCUT2D eigenvalue weighted by Gasteiger charge is 2.37. The molecule has 8 nitrogen and oxygen atoms in total. The average Bonchev–Trinajstić information content (AvgIpc) is 3.10. The van der Waals surface area contributed by atoms with E-state index in [2.05, 4.69) is 0 Å². The summed E-state index contributed by atoms with van der Waals surface area (Å²) in [7, 11) is 0. The molecule has 29 heavy (non-hydrogen) atoms. The van der Waals surface area contributed by atoms with Crippen LogP contribution in [0.1, 0.15) is 23.7 Å². The molecule has 1 aliphatic heterocycles. The van der Waals surface area contributed by atoms with Crippen molar-refractivity contribution in [1.82, 2.24) is 0 Å². The molecule has 1 aliphatic rings. The number of hydrogen-bond acceptors (Lipinski definition) is 6. The van der Waals surface area contributed by atoms with Crippen LogP contribution >= 0.6 is 11.6 Å². The van der Waals surface area contributed by atoms with E-state index in [9.17, 15) is 24.5 Å². The van der Waals surface area contributed by atoms with E-state index in [-0.39, 0.29) is 30.3 Å². The van der Waals surface area contributed by atoms with Crippen LogP contribution in [0.15, 0.2) is 48.5 Å². The first-order chi connectivity index (χ1) is 13.8. The smallest absolute Gasteiger partial charge is 0.312 e. The van der Waals surface area contributed by atoms with Gasteiger partial charge in [-0.25, -0.2) is 0 Å². The Morgan fingerprint density at radius 2 is 1.79 bits per heavy atom. The van der Waals surface area contributed by atoms with E-state index in [4.69, 9.17) is 16.3 Å². The van der Waals surface area contributed by atoms with E-state index in [0.29, 0.717) is 16.3 Å². The van der Waals surface area contributed by atoms with E-state index >= 15 is 0 Å². The zero-order valence-corrected chi connectivity index (χ0v) is 16.2. The molecule has 0 aliphatic carbocycles. The Morgan fingerprint density at radius 1 is 1.17 bits per heavy atom. The molecule has 0 N–H and O–H groups in total. The summed E-state index contributed by atoms with van der Waals surface area (Å²) >= 11 is 5.80. The highest BCUT2D eigenvalue weighted by atomic mass is 35.5. The Hall–Kier alpha value is -3.26. The van der Waals surface area contributed by atoms with Gasteiger partial charge in [0.2, 0.25) is 11.7 Å². The van der Waals surface area contributed by atoms with Gasteiger partial charge in [-0.3, -0.25) is 24.5 Å². The molecule has 150 valence electrons. The largest absolute Gasteiger partial charge is 0.454 e. The van der Waals surface area contributed by atoms with Crippen LogP contribution in [0.4, 0.5) is 11.4 Å². The molecule has 0 spiro atoms. The zero-order valence-electron chi connectivity index (χ0n) is 15.4. The normalized spacial score (nSPS) is 17.1. The van der Waals surface area contributed by atoms with Crippen LogP contribution < -0.4 is 4.90 Å². The van der Waals surface area contributed by atoms with Crippen LogP contribution in [-0.4, -0.2) is 35.2 Å². The number of nitrogens with zero attached hydrogens (tertiary/aromatic N) is 2. The Labute approximate surface area is 171 Å². The van der Waals surface area contributed by atoms with E-state index in [1.807, 2.05) is 0 Å². The zero-order chi connectivity index (χ0) is 21.1. The number of benzene rings is 2. The molecule has 0 saturated carbocycles. The second-order valence-electron chi connectivity index (χ2n) is 6.63. The minimum atomic E-state index is -1.01. The molecule has 1 fully saturated rings. The third kappa shape index (κ3) is 4.60. The second kappa shape index (κ2) is 8.40. The quantitative estimate of drug-likeness (QED) is 0.309. The first kappa shape index (κ1) is 20.5. The molecule has 1 saturated heterocycles. The molecule has 0 bridgehead atoms. The molecule has 2 aromatic carbocycles. The third-order valence-corrected chi connectivity index (χ3v) is 4.87. The Morgan fingerprint density at radius 3 is 2.38 bits per heavy atom. The summed E-state index contributed by atoms with van der Waals surface area (Å²) in [5.41, 5.74) is 0.733. The van der Waals surface area contributed by atoms with Crippen molar-refractivity contribution in [1.29, 1.82) is 0 Å². The van der Waals surface area contributed by atoms with Gasteiger partial charge in [-0.05, 0) is 43.3 Å². The molecule has 9 heteroatoms. The third-order valence-electron chi connectivity index (χ3n) is 4.62. The monoisotopic (exact) mass is 416 g/mol. The summed E-state index contributed by atoms with van der Waals surface area (Å²) in [4.78, 5) is 48.7. The van der Waals surface area contributed by atoms with Crippen molar-refractivity contribution in [2.45, 2.75) is 19.4 Å². The lowest BCUT2D eigenvalue weighted by Gasteiger charge is -2.17. The van der Waals surface area contributed by atoms with Crippen molar-refractivity contribution in [3.05, 3.63) is 69.2 Å². The lowest BCUT2D eigenvalue weighted by Crippen LogP contribution is -2.30. The van der Waals surface area contributed by atoms with Crippen LogP contribution in [0.25, 0.3) is 0 Å². The number of ketones is 1. The van der Waals surface area contributed by atoms with Crippen LogP contribution in [0.3, 0.4) is 0 Å². The van der Waals surface area contributed by atoms with E-state index < -0.39 is 22.9 Å². The number of carbonyl (C=O) groups excluding carboxylic acids is 3. The molecular weight excluding hydrogens is 400 g/mol. The Balaban J connectivity index is 1.63. The summed E-state index contributed by atoms with van der Waals surface area (Å²) in [5.74, 6) is -2.03.